The zero-order chi connectivity index (χ0) is 19.1. The molecule has 136 valence electrons. The van der Waals surface area contributed by atoms with E-state index in [2.05, 4.69) is 24.1 Å². The van der Waals surface area contributed by atoms with Crippen molar-refractivity contribution in [2.45, 2.75) is 40.7 Å². The molecular weight excluding hydrogens is 314 g/mol. The standard InChI is InChI=1S/C20H29N3O2/c1-8-22(12-14(2)3)20(24)19(11-21)10-18-9-15(4)23(17(18)6)16(5)13-25-7/h9-10,16H,2,8,12-13H2,1,3-7H3/b19-10+/t16-/m0/s1. The summed E-state index contributed by atoms with van der Waals surface area (Å²) in [6.45, 7) is 15.3. The summed E-state index contributed by atoms with van der Waals surface area (Å²) >= 11 is 0. The molecule has 0 N–H and O–H groups in total. The zero-order valence-corrected chi connectivity index (χ0v) is 16.2. The van der Waals surface area contributed by atoms with Gasteiger partial charge in [0.15, 0.2) is 0 Å². The van der Waals surface area contributed by atoms with Crippen molar-refractivity contribution >= 4 is 12.0 Å². The molecule has 1 aromatic rings. The second-order valence-corrected chi connectivity index (χ2v) is 6.45. The Balaban J connectivity index is 3.23. The summed E-state index contributed by atoms with van der Waals surface area (Å²) in [5, 5.41) is 9.48. The van der Waals surface area contributed by atoms with Crippen LogP contribution in [0.25, 0.3) is 6.08 Å². The van der Waals surface area contributed by atoms with Gasteiger partial charge in [0.25, 0.3) is 5.91 Å². The first kappa shape index (κ1) is 20.7. The SMILES string of the molecule is C=C(C)CN(CC)C(=O)/C(C#N)=C/c1cc(C)n([C@@H](C)COC)c1C. The van der Waals surface area contributed by atoms with Crippen LogP contribution in [0, 0.1) is 25.2 Å². The highest BCUT2D eigenvalue weighted by Crippen LogP contribution is 2.23. The van der Waals surface area contributed by atoms with E-state index >= 15 is 0 Å². The number of likely N-dealkylation sites (N-methyl/N-ethyl adjacent to an activating group) is 1. The van der Waals surface area contributed by atoms with Gasteiger partial charge in [-0.25, -0.2) is 0 Å². The lowest BCUT2D eigenvalue weighted by Gasteiger charge is -2.20. The second kappa shape index (κ2) is 9.24. The molecule has 0 aromatic carbocycles. The predicted octanol–water partition coefficient (Wildman–Crippen LogP) is 3.64. The third kappa shape index (κ3) is 5.07. The molecule has 0 aliphatic carbocycles. The summed E-state index contributed by atoms with van der Waals surface area (Å²) in [7, 11) is 1.68. The van der Waals surface area contributed by atoms with Crippen molar-refractivity contribution in [2.24, 2.45) is 0 Å². The number of aromatic nitrogens is 1. The molecule has 5 heteroatoms. The van der Waals surface area contributed by atoms with Gasteiger partial charge < -0.3 is 14.2 Å². The molecule has 0 bridgehead atoms. The number of ether oxygens (including phenoxy) is 1. The fourth-order valence-electron chi connectivity index (χ4n) is 3.06. The largest absolute Gasteiger partial charge is 0.383 e. The van der Waals surface area contributed by atoms with Gasteiger partial charge in [0.1, 0.15) is 11.6 Å². The zero-order valence-electron chi connectivity index (χ0n) is 16.2. The van der Waals surface area contributed by atoms with Crippen molar-refractivity contribution in [3.8, 4) is 6.07 Å². The molecule has 0 fully saturated rings. The second-order valence-electron chi connectivity index (χ2n) is 6.45. The molecule has 25 heavy (non-hydrogen) atoms. The maximum Gasteiger partial charge on any atom is 0.264 e. The molecule has 0 saturated heterocycles. The van der Waals surface area contributed by atoms with Crippen LogP contribution in [0.1, 0.15) is 43.8 Å². The number of nitrogens with zero attached hydrogens (tertiary/aromatic N) is 3. The van der Waals surface area contributed by atoms with Crippen LogP contribution in [-0.2, 0) is 9.53 Å². The van der Waals surface area contributed by atoms with Gasteiger partial charge in [-0.15, -0.1) is 0 Å². The first-order valence-corrected chi connectivity index (χ1v) is 8.49. The van der Waals surface area contributed by atoms with E-state index in [0.29, 0.717) is 19.7 Å². The first-order valence-electron chi connectivity index (χ1n) is 8.49. The Kier molecular flexibility index (Phi) is 7.66. The van der Waals surface area contributed by atoms with Gasteiger partial charge in [0.2, 0.25) is 0 Å². The van der Waals surface area contributed by atoms with E-state index in [1.807, 2.05) is 33.8 Å². The van der Waals surface area contributed by atoms with E-state index in [-0.39, 0.29) is 17.5 Å². The van der Waals surface area contributed by atoms with Crippen LogP contribution in [0.4, 0.5) is 0 Å². The average Bonchev–Trinajstić information content (AvgIpc) is 2.83. The molecule has 1 heterocycles. The van der Waals surface area contributed by atoms with Crippen LogP contribution in [0.5, 0.6) is 0 Å². The number of methoxy groups -OCH3 is 1. The van der Waals surface area contributed by atoms with Crippen LogP contribution in [0.15, 0.2) is 23.8 Å². The van der Waals surface area contributed by atoms with Crippen LogP contribution < -0.4 is 0 Å². The average molecular weight is 343 g/mol. The molecular formula is C20H29N3O2. The van der Waals surface area contributed by atoms with Crippen molar-refractivity contribution in [1.29, 1.82) is 5.26 Å². The molecule has 0 spiro atoms. The Morgan fingerprint density at radius 2 is 2.16 bits per heavy atom. The van der Waals surface area contributed by atoms with E-state index in [1.54, 1.807) is 18.1 Å². The van der Waals surface area contributed by atoms with Gasteiger partial charge in [-0.2, -0.15) is 5.26 Å². The van der Waals surface area contributed by atoms with Gasteiger partial charge in [-0.05, 0) is 52.3 Å². The van der Waals surface area contributed by atoms with Crippen LogP contribution in [-0.4, -0.2) is 42.2 Å². The predicted molar refractivity (Wildman–Crippen MR) is 101 cm³/mol. The van der Waals surface area contributed by atoms with Crippen LogP contribution in [0.2, 0.25) is 0 Å². The van der Waals surface area contributed by atoms with Crippen molar-refractivity contribution in [1.82, 2.24) is 9.47 Å². The number of carbonyl (C=O) groups excluding carboxylic acids is 1. The molecule has 1 aromatic heterocycles. The molecule has 0 saturated carbocycles. The summed E-state index contributed by atoms with van der Waals surface area (Å²) in [6, 6.07) is 4.24. The van der Waals surface area contributed by atoms with Gasteiger partial charge in [0, 0.05) is 31.6 Å². The Hall–Kier alpha value is -2.32. The number of rotatable bonds is 8. The van der Waals surface area contributed by atoms with Crippen molar-refractivity contribution < 1.29 is 9.53 Å². The molecule has 0 aliphatic heterocycles. The number of nitriles is 1. The minimum atomic E-state index is -0.261. The molecule has 1 atom stereocenters. The first-order chi connectivity index (χ1) is 11.8. The van der Waals surface area contributed by atoms with Crippen LogP contribution >= 0.6 is 0 Å². The van der Waals surface area contributed by atoms with Gasteiger partial charge in [-0.1, -0.05) is 12.2 Å². The number of hydrogen-bond donors (Lipinski definition) is 0. The third-order valence-corrected chi connectivity index (χ3v) is 4.15. The summed E-state index contributed by atoms with van der Waals surface area (Å²) in [6.07, 6.45) is 1.68. The number of hydrogen-bond acceptors (Lipinski definition) is 3. The Morgan fingerprint density at radius 3 is 2.64 bits per heavy atom. The highest BCUT2D eigenvalue weighted by atomic mass is 16.5. The fourth-order valence-corrected chi connectivity index (χ4v) is 3.06. The lowest BCUT2D eigenvalue weighted by Crippen LogP contribution is -2.33. The maximum atomic E-state index is 12.7. The summed E-state index contributed by atoms with van der Waals surface area (Å²) in [5.41, 5.74) is 4.01. The quantitative estimate of drug-likeness (QED) is 0.411. The van der Waals surface area contributed by atoms with Crippen molar-refractivity contribution in [2.75, 3.05) is 26.8 Å². The van der Waals surface area contributed by atoms with Gasteiger partial charge in [-0.3, -0.25) is 4.79 Å². The van der Waals surface area contributed by atoms with Crippen LogP contribution in [0.3, 0.4) is 0 Å². The number of carbonyl (C=O) groups is 1. The van der Waals surface area contributed by atoms with E-state index in [1.165, 1.54) is 0 Å². The van der Waals surface area contributed by atoms with E-state index in [9.17, 15) is 10.1 Å². The molecule has 0 radical (unpaired) electrons. The summed E-state index contributed by atoms with van der Waals surface area (Å²) in [5.74, 6) is -0.261. The van der Waals surface area contributed by atoms with E-state index in [0.717, 1.165) is 22.5 Å². The highest BCUT2D eigenvalue weighted by Gasteiger charge is 2.19. The molecule has 0 aliphatic rings. The van der Waals surface area contributed by atoms with Gasteiger partial charge >= 0.3 is 0 Å². The third-order valence-electron chi connectivity index (χ3n) is 4.15. The summed E-state index contributed by atoms with van der Waals surface area (Å²) < 4.78 is 7.41. The topological polar surface area (TPSA) is 58.3 Å². The van der Waals surface area contributed by atoms with E-state index < -0.39 is 0 Å². The monoisotopic (exact) mass is 343 g/mol. The molecule has 1 rings (SSSR count). The Morgan fingerprint density at radius 1 is 1.52 bits per heavy atom. The summed E-state index contributed by atoms with van der Waals surface area (Å²) in [4.78, 5) is 14.3. The molecule has 0 unspecified atom stereocenters. The van der Waals surface area contributed by atoms with Crippen molar-refractivity contribution in [3.05, 3.63) is 40.7 Å². The normalized spacial score (nSPS) is 12.6. The number of aryl methyl sites for hydroxylation is 1. The fraction of sp³-hybridized carbons (Fsp3) is 0.500. The molecule has 5 nitrogen and oxygen atoms in total. The molecule has 1 amide bonds. The Bertz CT molecular complexity index is 707. The minimum absolute atomic E-state index is 0.141. The maximum absolute atomic E-state index is 12.7. The van der Waals surface area contributed by atoms with Gasteiger partial charge in [0.05, 0.1) is 12.6 Å². The van der Waals surface area contributed by atoms with E-state index in [4.69, 9.17) is 4.74 Å². The lowest BCUT2D eigenvalue weighted by atomic mass is 10.1. The lowest BCUT2D eigenvalue weighted by molar-refractivity contribution is -0.126. The Labute approximate surface area is 151 Å². The smallest absolute Gasteiger partial charge is 0.264 e. The number of amides is 1. The highest BCUT2D eigenvalue weighted by molar-refractivity contribution is 6.01. The van der Waals surface area contributed by atoms with Crippen molar-refractivity contribution in [3.63, 3.8) is 0 Å². The minimum Gasteiger partial charge on any atom is -0.383 e.